The van der Waals surface area contributed by atoms with E-state index in [1.165, 1.54) is 5.56 Å². The van der Waals surface area contributed by atoms with Crippen molar-refractivity contribution in [1.29, 1.82) is 0 Å². The molecule has 1 N–H and O–H groups in total. The average molecular weight is 333 g/mol. The number of rotatable bonds is 6. The van der Waals surface area contributed by atoms with Crippen LogP contribution in [-0.4, -0.2) is 17.6 Å². The van der Waals surface area contributed by atoms with Gasteiger partial charge in [0.1, 0.15) is 0 Å². The van der Waals surface area contributed by atoms with Crippen LogP contribution in [0, 0.1) is 0 Å². The fourth-order valence-electron chi connectivity index (χ4n) is 3.29. The molecule has 2 aromatic carbocycles. The van der Waals surface area contributed by atoms with Crippen molar-refractivity contribution in [2.75, 3.05) is 5.32 Å². The summed E-state index contributed by atoms with van der Waals surface area (Å²) in [4.78, 5) is 25.1. The van der Waals surface area contributed by atoms with Gasteiger partial charge in [0.15, 0.2) is 17.6 Å². The molecular formula is C22H23NO2. The molecule has 0 bridgehead atoms. The number of hydrogen-bond donors (Lipinski definition) is 1. The van der Waals surface area contributed by atoms with Gasteiger partial charge in [-0.3, -0.25) is 9.59 Å². The van der Waals surface area contributed by atoms with Gasteiger partial charge in [0.05, 0.1) is 0 Å². The molecule has 0 amide bonds. The lowest BCUT2D eigenvalue weighted by Gasteiger charge is -2.15. The quantitative estimate of drug-likeness (QED) is 0.763. The second-order valence-corrected chi connectivity index (χ2v) is 6.61. The zero-order valence-electron chi connectivity index (χ0n) is 14.8. The minimum Gasteiger partial charge on any atom is -0.369 e. The highest BCUT2D eigenvalue weighted by Gasteiger charge is 2.38. The third-order valence-corrected chi connectivity index (χ3v) is 4.66. The van der Waals surface area contributed by atoms with E-state index >= 15 is 0 Å². The molecule has 0 fully saturated rings. The Morgan fingerprint density at radius 3 is 2.28 bits per heavy atom. The molecule has 25 heavy (non-hydrogen) atoms. The van der Waals surface area contributed by atoms with Gasteiger partial charge in [-0.1, -0.05) is 55.8 Å². The molecule has 0 atom stereocenters. The second-order valence-electron chi connectivity index (χ2n) is 6.61. The van der Waals surface area contributed by atoms with Crippen molar-refractivity contribution in [2.45, 2.75) is 39.2 Å². The first kappa shape index (κ1) is 17.2. The summed E-state index contributed by atoms with van der Waals surface area (Å²) in [6.07, 6.45) is 3.27. The smallest absolute Gasteiger partial charge is 0.193 e. The van der Waals surface area contributed by atoms with Crippen molar-refractivity contribution >= 4 is 22.8 Å². The van der Waals surface area contributed by atoms with Crippen LogP contribution in [0.3, 0.4) is 0 Å². The Bertz CT molecular complexity index is 816. The van der Waals surface area contributed by atoms with Crippen LogP contribution in [-0.2, 0) is 6.42 Å². The summed E-state index contributed by atoms with van der Waals surface area (Å²) in [5, 5.41) is 3.13. The van der Waals surface area contributed by atoms with E-state index in [2.05, 4.69) is 24.9 Å². The molecule has 0 saturated heterocycles. The van der Waals surface area contributed by atoms with E-state index < -0.39 is 6.04 Å². The highest BCUT2D eigenvalue weighted by atomic mass is 16.2. The maximum absolute atomic E-state index is 12.5. The molecular weight excluding hydrogens is 310 g/mol. The van der Waals surface area contributed by atoms with Crippen LogP contribution >= 0.6 is 0 Å². The van der Waals surface area contributed by atoms with Gasteiger partial charge in [0, 0.05) is 16.8 Å². The minimum absolute atomic E-state index is 0.160. The molecule has 2 aromatic rings. The van der Waals surface area contributed by atoms with Gasteiger partial charge in [-0.2, -0.15) is 0 Å². The van der Waals surface area contributed by atoms with Gasteiger partial charge < -0.3 is 5.32 Å². The van der Waals surface area contributed by atoms with E-state index in [4.69, 9.17) is 0 Å². The monoisotopic (exact) mass is 333 g/mol. The van der Waals surface area contributed by atoms with E-state index in [0.717, 1.165) is 36.1 Å². The fraction of sp³-hybridized carbons (Fsp3) is 0.273. The first-order chi connectivity index (χ1) is 12.0. The largest absolute Gasteiger partial charge is 0.369 e. The van der Waals surface area contributed by atoms with Crippen LogP contribution in [0.2, 0.25) is 0 Å². The number of allylic oxidation sites excluding steroid dienone is 1. The molecule has 0 spiro atoms. The number of unbranched alkanes of at least 4 members (excludes halogenated alkanes) is 1. The predicted molar refractivity (Wildman–Crippen MR) is 102 cm³/mol. The van der Waals surface area contributed by atoms with Crippen LogP contribution in [0.15, 0.2) is 49.0 Å². The molecule has 128 valence electrons. The lowest BCUT2D eigenvalue weighted by atomic mass is 9.97. The summed E-state index contributed by atoms with van der Waals surface area (Å²) in [7, 11) is 0. The Morgan fingerprint density at radius 1 is 1.08 bits per heavy atom. The Balaban J connectivity index is 1.87. The minimum atomic E-state index is -0.836. The summed E-state index contributed by atoms with van der Waals surface area (Å²) in [6.45, 7) is 8.22. The van der Waals surface area contributed by atoms with Crippen molar-refractivity contribution in [3.63, 3.8) is 0 Å². The third-order valence-electron chi connectivity index (χ3n) is 4.66. The number of carbonyl (C=O) groups excluding carboxylic acids is 2. The SMILES string of the molecule is C=C(C)c1cc(NC2C(=O)c3ccccc3C2=O)ccc1CCCC. The Labute approximate surface area is 148 Å². The highest BCUT2D eigenvalue weighted by molar-refractivity contribution is 6.30. The first-order valence-corrected chi connectivity index (χ1v) is 8.75. The fourth-order valence-corrected chi connectivity index (χ4v) is 3.29. The number of benzene rings is 2. The summed E-state index contributed by atoms with van der Waals surface area (Å²) >= 11 is 0. The molecule has 3 nitrogen and oxygen atoms in total. The Hall–Kier alpha value is -2.68. The van der Waals surface area contributed by atoms with Crippen LogP contribution < -0.4 is 5.32 Å². The van der Waals surface area contributed by atoms with Crippen molar-refractivity contribution in [2.24, 2.45) is 0 Å². The van der Waals surface area contributed by atoms with Gasteiger partial charge in [-0.05, 0) is 43.0 Å². The molecule has 1 aliphatic rings. The Kier molecular flexibility index (Phi) is 4.84. The molecule has 0 heterocycles. The number of carbonyl (C=O) groups is 2. The molecule has 0 saturated carbocycles. The molecule has 0 aromatic heterocycles. The molecule has 1 aliphatic carbocycles. The number of aryl methyl sites for hydroxylation is 1. The molecule has 0 unspecified atom stereocenters. The average Bonchev–Trinajstić information content (AvgIpc) is 2.86. The second kappa shape index (κ2) is 7.06. The topological polar surface area (TPSA) is 46.2 Å². The van der Waals surface area contributed by atoms with Crippen molar-refractivity contribution < 1.29 is 9.59 Å². The van der Waals surface area contributed by atoms with E-state index in [-0.39, 0.29) is 11.6 Å². The molecule has 3 rings (SSSR count). The lowest BCUT2D eigenvalue weighted by Crippen LogP contribution is -2.31. The first-order valence-electron chi connectivity index (χ1n) is 8.75. The van der Waals surface area contributed by atoms with Gasteiger partial charge in [-0.15, -0.1) is 0 Å². The van der Waals surface area contributed by atoms with Gasteiger partial charge in [-0.25, -0.2) is 0 Å². The maximum atomic E-state index is 12.5. The highest BCUT2D eigenvalue weighted by Crippen LogP contribution is 2.28. The zero-order chi connectivity index (χ0) is 18.0. The normalized spacial score (nSPS) is 13.8. The van der Waals surface area contributed by atoms with Crippen LogP contribution in [0.4, 0.5) is 5.69 Å². The number of hydrogen-bond acceptors (Lipinski definition) is 3. The van der Waals surface area contributed by atoms with Crippen LogP contribution in [0.1, 0.15) is 58.5 Å². The van der Waals surface area contributed by atoms with Gasteiger partial charge in [0.2, 0.25) is 0 Å². The molecule has 0 radical (unpaired) electrons. The van der Waals surface area contributed by atoms with Gasteiger partial charge in [0.25, 0.3) is 0 Å². The number of fused-ring (bicyclic) bond motifs is 1. The van der Waals surface area contributed by atoms with Crippen LogP contribution in [0.5, 0.6) is 0 Å². The lowest BCUT2D eigenvalue weighted by molar-refractivity contribution is 0.0904. The zero-order valence-corrected chi connectivity index (χ0v) is 14.8. The number of Topliss-reactive ketones (excluding diaryl/α,β-unsaturated/α-hetero) is 2. The Morgan fingerprint density at radius 2 is 1.72 bits per heavy atom. The predicted octanol–water partition coefficient (Wildman–Crippen LogP) is 4.92. The van der Waals surface area contributed by atoms with E-state index in [0.29, 0.717) is 11.1 Å². The number of anilines is 1. The van der Waals surface area contributed by atoms with Gasteiger partial charge >= 0.3 is 0 Å². The number of nitrogens with one attached hydrogen (secondary N) is 1. The molecule has 0 aliphatic heterocycles. The van der Waals surface area contributed by atoms with Crippen LogP contribution in [0.25, 0.3) is 5.57 Å². The summed E-state index contributed by atoms with van der Waals surface area (Å²) in [5.74, 6) is -0.319. The van der Waals surface area contributed by atoms with E-state index in [9.17, 15) is 9.59 Å². The maximum Gasteiger partial charge on any atom is 0.193 e. The van der Waals surface area contributed by atoms with E-state index in [1.54, 1.807) is 24.3 Å². The molecule has 3 heteroatoms. The summed E-state index contributed by atoms with van der Waals surface area (Å²) in [6, 6.07) is 12.2. The van der Waals surface area contributed by atoms with E-state index in [1.807, 2.05) is 19.1 Å². The van der Waals surface area contributed by atoms with Crippen molar-refractivity contribution in [3.8, 4) is 0 Å². The third kappa shape index (κ3) is 3.27. The van der Waals surface area contributed by atoms with Crippen molar-refractivity contribution in [3.05, 3.63) is 71.3 Å². The van der Waals surface area contributed by atoms with Crippen molar-refractivity contribution in [1.82, 2.24) is 0 Å². The number of ketones is 2. The summed E-state index contributed by atoms with van der Waals surface area (Å²) in [5.41, 5.74) is 5.12. The summed E-state index contributed by atoms with van der Waals surface area (Å²) < 4.78 is 0. The standard InChI is InChI=1S/C22H23NO2/c1-4-5-8-15-11-12-16(13-19(15)14(2)3)23-20-21(24)17-9-6-7-10-18(17)22(20)25/h6-7,9-13,20,23H,2,4-5,8H2,1,3H3.